The number of carbonyl (C=O) groups excluding carboxylic acids is 2. The van der Waals surface area contributed by atoms with Crippen LogP contribution in [0.4, 0.5) is 0 Å². The van der Waals surface area contributed by atoms with Gasteiger partial charge in [-0.15, -0.1) is 0 Å². The van der Waals surface area contributed by atoms with Crippen molar-refractivity contribution >= 4 is 303 Å². The maximum Gasteiger partial charge on any atom is 0.326 e. The zero-order valence-electron chi connectivity index (χ0n) is 62.4. The molecule has 1 saturated carbocycles. The summed E-state index contributed by atoms with van der Waals surface area (Å²) in [6.45, 7) is 14.5. The maximum atomic E-state index is 17.9. The van der Waals surface area contributed by atoms with Crippen molar-refractivity contribution < 1.29 is 57.0 Å². The van der Waals surface area contributed by atoms with Crippen molar-refractivity contribution in [2.24, 2.45) is 5.41 Å². The van der Waals surface area contributed by atoms with Crippen LogP contribution in [0, 0.1) is 5.41 Å². The molecule has 2 spiro atoms. The van der Waals surface area contributed by atoms with Gasteiger partial charge in [0.25, 0.3) is 0 Å². The van der Waals surface area contributed by atoms with E-state index in [9.17, 15) is 0 Å². The summed E-state index contributed by atoms with van der Waals surface area (Å²) in [6.07, 6.45) is 16.9. The van der Waals surface area contributed by atoms with Crippen molar-refractivity contribution in [1.82, 2.24) is 0 Å². The first-order valence-corrected chi connectivity index (χ1v) is 42.9. The second kappa shape index (κ2) is 18.6. The maximum absolute atomic E-state index is 17.9. The molecule has 28 aromatic rings. The van der Waals surface area contributed by atoms with Crippen molar-refractivity contribution in [2.75, 3.05) is 119 Å². The zero-order chi connectivity index (χ0) is 71.3. The molecule has 542 valence electrons. The number of rotatable bonds is 44. The summed E-state index contributed by atoms with van der Waals surface area (Å²) in [7, 11) is 0. The van der Waals surface area contributed by atoms with Gasteiger partial charge in [0.05, 0.1) is 103 Å². The van der Waals surface area contributed by atoms with Crippen LogP contribution in [-0.2, 0) is 67.8 Å². The van der Waals surface area contributed by atoms with Crippen molar-refractivity contribution in [2.45, 2.75) is 127 Å². The smallest absolute Gasteiger partial charge is 0.326 e. The summed E-state index contributed by atoms with van der Waals surface area (Å²) in [5, 5.41) is 80.3. The van der Waals surface area contributed by atoms with E-state index < -0.39 is 16.2 Å². The predicted octanol–water partition coefficient (Wildman–Crippen LogP) is 22.8. The van der Waals surface area contributed by atoms with Crippen LogP contribution in [0.25, 0.3) is 291 Å². The summed E-state index contributed by atoms with van der Waals surface area (Å²) in [5.41, 5.74) is 1.21. The average molecular weight is 1460 g/mol. The molecule has 0 unspecified atom stereocenters. The molecule has 111 heavy (non-hydrogen) atoms. The molecule has 0 heterocycles. The van der Waals surface area contributed by atoms with Crippen LogP contribution in [0.3, 0.4) is 0 Å². The largest absolute Gasteiger partial charge is 0.465 e. The molecule has 0 aliphatic heterocycles. The average Bonchev–Trinajstić information content (AvgIpc) is 1.35. The summed E-state index contributed by atoms with van der Waals surface area (Å²) in [4.78, 5) is 35.8. The first-order valence-electron chi connectivity index (χ1n) is 42.9. The van der Waals surface area contributed by atoms with Gasteiger partial charge in [0.1, 0.15) is 0 Å². The topological polar surface area (TPSA) is 126 Å². The summed E-state index contributed by atoms with van der Waals surface area (Å²) in [6, 6.07) is 0. The molecule has 0 bridgehead atoms. The second-order valence-corrected chi connectivity index (χ2v) is 36.0. The van der Waals surface area contributed by atoms with Gasteiger partial charge in [-0.3, -0.25) is 9.59 Å². The van der Waals surface area contributed by atoms with Crippen LogP contribution in [0.15, 0.2) is 0 Å². The van der Waals surface area contributed by atoms with Gasteiger partial charge in [-0.25, -0.2) is 0 Å². The molecular formula is C99H74O12. The minimum absolute atomic E-state index is 0.273. The van der Waals surface area contributed by atoms with Gasteiger partial charge in [0, 0.05) is 26.4 Å². The van der Waals surface area contributed by atoms with E-state index in [2.05, 4.69) is 0 Å². The molecule has 28 aromatic carbocycles. The van der Waals surface area contributed by atoms with Gasteiger partial charge in [-0.05, 0) is 353 Å². The molecule has 33 rings (SSSR count). The van der Waals surface area contributed by atoms with Gasteiger partial charge in [0.15, 0.2) is 5.41 Å². The van der Waals surface area contributed by atoms with E-state index in [-0.39, 0.29) is 25.2 Å². The van der Waals surface area contributed by atoms with Crippen LogP contribution in [0.1, 0.15) is 139 Å². The van der Waals surface area contributed by atoms with E-state index in [1.54, 1.807) is 75.4 Å². The third-order valence-electron chi connectivity index (χ3n) is 32.5. The van der Waals surface area contributed by atoms with Gasteiger partial charge < -0.3 is 47.4 Å². The van der Waals surface area contributed by atoms with Crippen LogP contribution in [0.5, 0.6) is 0 Å². The lowest BCUT2D eigenvalue weighted by molar-refractivity contribution is -0.166. The monoisotopic (exact) mass is 1450 g/mol. The van der Waals surface area contributed by atoms with Crippen LogP contribution in [0.2, 0.25) is 0 Å². The Labute approximate surface area is 630 Å². The molecule has 0 saturated heterocycles. The fraction of sp³-hybridized carbons (Fsp3) is 0.394. The number of hydrogen-bond acceptors (Lipinski definition) is 12. The summed E-state index contributed by atoms with van der Waals surface area (Å²) < 4.78 is 59.7. The Hall–Kier alpha value is -8.92. The van der Waals surface area contributed by atoms with Gasteiger partial charge in [-0.2, -0.15) is 0 Å². The Morgan fingerprint density at radius 1 is 0.171 bits per heavy atom. The second-order valence-electron chi connectivity index (χ2n) is 36.0. The van der Waals surface area contributed by atoms with Crippen LogP contribution >= 0.6 is 0 Å². The molecule has 0 radical (unpaired) electrons. The van der Waals surface area contributed by atoms with Crippen molar-refractivity contribution in [3.8, 4) is 0 Å². The fourth-order valence-corrected chi connectivity index (χ4v) is 30.1. The van der Waals surface area contributed by atoms with Gasteiger partial charge >= 0.3 is 11.9 Å². The highest BCUT2D eigenvalue weighted by Gasteiger charge is 3.01. The van der Waals surface area contributed by atoms with Crippen molar-refractivity contribution in [3.63, 3.8) is 0 Å². The van der Waals surface area contributed by atoms with Crippen molar-refractivity contribution in [3.05, 3.63) is 22.3 Å². The molecule has 5 aliphatic rings. The Morgan fingerprint density at radius 2 is 0.306 bits per heavy atom. The molecule has 0 N–H and O–H groups in total. The number of esters is 2. The van der Waals surface area contributed by atoms with E-state index in [0.29, 0.717) is 92.5 Å². The van der Waals surface area contributed by atoms with E-state index in [1.165, 1.54) is 263 Å². The highest BCUT2D eigenvalue weighted by Crippen LogP contribution is 2.97. The highest BCUT2D eigenvalue weighted by atomic mass is 16.6. The highest BCUT2D eigenvalue weighted by molar-refractivity contribution is 6.82. The van der Waals surface area contributed by atoms with E-state index >= 15 is 9.59 Å². The van der Waals surface area contributed by atoms with E-state index in [0.717, 1.165) is 90.3 Å². The predicted molar refractivity (Wildman–Crippen MR) is 450 cm³/mol. The SMILES string of the molecule is CCOCCOCCOCCOCCCCCCCCCCOC(=O)C1(C(=O)OCCCCCCCCCCOCCOCCOCCOCC)C23c4c5c6c7c8c9c(c%10c%11c2c2c4c4c%12c5c5c6c6c8c8c%13c9c9c%10c%10c%11c%11c2c2c4c4c%12c%12c5c5c6c8c6c8c%13c9c9c%10c%10c%11c2c2c4c4c%12c5c6c5c8c9c%10c2c45)C713. The minimum atomic E-state index is -1.74. The van der Waals surface area contributed by atoms with Crippen molar-refractivity contribution in [1.29, 1.82) is 0 Å². The molecule has 5 aliphatic carbocycles. The molecule has 12 heteroatoms. The number of benzene rings is 18. The summed E-state index contributed by atoms with van der Waals surface area (Å²) >= 11 is 0. The minimum Gasteiger partial charge on any atom is -0.465 e. The third-order valence-corrected chi connectivity index (χ3v) is 32.5. The molecule has 0 atom stereocenters. The first-order chi connectivity index (χ1) is 55.2. The first kappa shape index (κ1) is 58.9. The zero-order valence-corrected chi connectivity index (χ0v) is 62.4. The lowest BCUT2D eigenvalue weighted by Gasteiger charge is -2.32. The molecule has 1 fully saturated rings. The van der Waals surface area contributed by atoms with E-state index in [4.69, 9.17) is 47.4 Å². The molecule has 0 amide bonds. The van der Waals surface area contributed by atoms with Gasteiger partial charge in [0.2, 0.25) is 0 Å². The van der Waals surface area contributed by atoms with Crippen LogP contribution in [-0.4, -0.2) is 131 Å². The summed E-state index contributed by atoms with van der Waals surface area (Å²) in [5.74, 6) is -0.681. The molecule has 12 nitrogen and oxygen atoms in total. The lowest BCUT2D eigenvalue weighted by atomic mass is 9.68. The Bertz CT molecular complexity index is 7530. The number of carbonyl (C=O) groups is 2. The number of ether oxygens (including phenoxy) is 10. The Morgan fingerprint density at radius 3 is 0.477 bits per heavy atom. The Kier molecular flexibility index (Phi) is 9.89. The molecule has 0 aromatic heterocycles. The molecular weight excluding hydrogens is 1380 g/mol. The van der Waals surface area contributed by atoms with E-state index in [1.807, 2.05) is 13.8 Å². The normalized spacial score (nSPS) is 17.1. The Balaban J connectivity index is 0.538. The fourth-order valence-electron chi connectivity index (χ4n) is 30.1. The standard InChI is InChI=1S/C99H74O12/c1-3-102-25-27-106-33-35-108-31-29-104-21-17-13-9-5-7-11-15-19-23-110-95(100)99(96(101)111-24-20-16-12-8-6-10-14-18-22-105-30-32-109-36-34-107-28-26-103-4-2)97-91-83-75-65-55-47-39-37-38-41-45-43(39)51-59-53(45)63-57-49(41)50-42(38)46-44-40(37)48(47)56-62-52(44)60-54(46)64-58(50)68-67(57)77-71(63)81-73(59)79(69(75)61(51)55)87(91)89(81)93-85(77)86-78(68)72(64)82-74(60)80-70(62)76(66(56)65)84(83)92(97)88(80)90(82)94(86)98(93,97)99/h3-36H2,1-2H3. The lowest BCUT2D eigenvalue weighted by Crippen LogP contribution is -2.39. The number of hydrogen-bond donors (Lipinski definition) is 0. The quantitative estimate of drug-likeness (QED) is 0.0156. The van der Waals surface area contributed by atoms with Gasteiger partial charge in [-0.1, -0.05) is 77.0 Å². The van der Waals surface area contributed by atoms with Crippen LogP contribution < -0.4 is 0 Å². The third kappa shape index (κ3) is 5.17. The number of unbranched alkanes of at least 4 members (excludes halogenated alkanes) is 14.